The minimum Gasteiger partial charge on any atom is -0.389 e. The highest BCUT2D eigenvalue weighted by molar-refractivity contribution is 7.89. The summed E-state index contributed by atoms with van der Waals surface area (Å²) in [5.41, 5.74) is 6.71. The lowest BCUT2D eigenvalue weighted by Crippen LogP contribution is -2.32. The van der Waals surface area contributed by atoms with E-state index in [4.69, 9.17) is 18.0 Å². The molecule has 0 spiro atoms. The summed E-state index contributed by atoms with van der Waals surface area (Å²) in [6.45, 7) is 8.02. The monoisotopic (exact) mass is 300 g/mol. The molecular formula is C13H20N2O2S2. The molecule has 0 aliphatic rings. The quantitative estimate of drug-likeness (QED) is 0.834. The van der Waals surface area contributed by atoms with Gasteiger partial charge in [-0.2, -0.15) is 0 Å². The molecule has 0 saturated carbocycles. The Balaban J connectivity index is 3.06. The Morgan fingerprint density at radius 3 is 2.37 bits per heavy atom. The van der Waals surface area contributed by atoms with Crippen molar-refractivity contribution in [3.05, 3.63) is 29.3 Å². The maximum absolute atomic E-state index is 12.2. The van der Waals surface area contributed by atoms with Crippen molar-refractivity contribution in [2.45, 2.75) is 32.6 Å². The molecule has 6 heteroatoms. The first kappa shape index (κ1) is 16.1. The van der Waals surface area contributed by atoms with Crippen LogP contribution in [-0.4, -0.2) is 20.0 Å². The second-order valence-electron chi connectivity index (χ2n) is 5.73. The van der Waals surface area contributed by atoms with Gasteiger partial charge >= 0.3 is 0 Å². The second-order valence-corrected chi connectivity index (χ2v) is 7.90. The van der Waals surface area contributed by atoms with E-state index in [9.17, 15) is 8.42 Å². The topological polar surface area (TPSA) is 72.2 Å². The van der Waals surface area contributed by atoms with Crippen LogP contribution in [0.5, 0.6) is 0 Å². The Morgan fingerprint density at radius 2 is 1.95 bits per heavy atom. The van der Waals surface area contributed by atoms with Crippen LogP contribution in [-0.2, 0) is 10.0 Å². The van der Waals surface area contributed by atoms with Gasteiger partial charge in [-0.15, -0.1) is 0 Å². The largest absolute Gasteiger partial charge is 0.389 e. The number of sulfonamides is 1. The Hall–Kier alpha value is -0.980. The Morgan fingerprint density at radius 1 is 1.37 bits per heavy atom. The van der Waals surface area contributed by atoms with Crippen LogP contribution in [0.3, 0.4) is 0 Å². The van der Waals surface area contributed by atoms with Crippen molar-refractivity contribution in [2.75, 3.05) is 6.54 Å². The van der Waals surface area contributed by atoms with E-state index in [0.717, 1.165) is 0 Å². The summed E-state index contributed by atoms with van der Waals surface area (Å²) in [4.78, 5) is 0.520. The summed E-state index contributed by atoms with van der Waals surface area (Å²) in [7, 11) is -3.50. The summed E-state index contributed by atoms with van der Waals surface area (Å²) in [5, 5.41) is 0. The lowest BCUT2D eigenvalue weighted by Gasteiger charge is -2.19. The minimum atomic E-state index is -3.50. The van der Waals surface area contributed by atoms with Crippen LogP contribution in [0.1, 0.15) is 31.9 Å². The summed E-state index contributed by atoms with van der Waals surface area (Å²) in [6.07, 6.45) is 0. The highest BCUT2D eigenvalue weighted by Crippen LogP contribution is 2.18. The molecule has 19 heavy (non-hydrogen) atoms. The standard InChI is InChI=1S/C13H20N2O2S2/c1-9-7-10(12(14)18)5-6-11(9)19(16,17)15-8-13(2,3)4/h5-7,15H,8H2,1-4H3,(H2,14,18). The number of benzene rings is 1. The van der Waals surface area contributed by atoms with Crippen LogP contribution in [0.25, 0.3) is 0 Å². The van der Waals surface area contributed by atoms with E-state index in [1.54, 1.807) is 19.1 Å². The van der Waals surface area contributed by atoms with Crippen LogP contribution < -0.4 is 10.5 Å². The molecular weight excluding hydrogens is 280 g/mol. The molecule has 106 valence electrons. The first-order chi connectivity index (χ1) is 8.53. The first-order valence-corrected chi connectivity index (χ1v) is 7.82. The lowest BCUT2D eigenvalue weighted by molar-refractivity contribution is 0.407. The van der Waals surface area contributed by atoms with Gasteiger partial charge in [0.25, 0.3) is 0 Å². The van der Waals surface area contributed by atoms with Crippen LogP contribution in [0.4, 0.5) is 0 Å². The summed E-state index contributed by atoms with van der Waals surface area (Å²) in [5.74, 6) is 0. The first-order valence-electron chi connectivity index (χ1n) is 5.93. The number of thiocarbonyl (C=S) groups is 1. The molecule has 1 aromatic rings. The molecule has 4 nitrogen and oxygen atoms in total. The third-order valence-electron chi connectivity index (χ3n) is 2.54. The SMILES string of the molecule is Cc1cc(C(N)=S)ccc1S(=O)(=O)NCC(C)(C)C. The number of nitrogens with two attached hydrogens (primary N) is 1. The summed E-state index contributed by atoms with van der Waals surface area (Å²) >= 11 is 4.87. The van der Waals surface area contributed by atoms with Crippen molar-refractivity contribution in [1.29, 1.82) is 0 Å². The van der Waals surface area contributed by atoms with Gasteiger partial charge < -0.3 is 5.73 Å². The van der Waals surface area contributed by atoms with Crippen LogP contribution >= 0.6 is 12.2 Å². The Kier molecular flexibility index (Phi) is 4.71. The lowest BCUT2D eigenvalue weighted by atomic mass is 9.98. The highest BCUT2D eigenvalue weighted by Gasteiger charge is 2.20. The zero-order valence-electron chi connectivity index (χ0n) is 11.6. The van der Waals surface area contributed by atoms with Gasteiger partial charge in [-0.05, 0) is 30.0 Å². The molecule has 0 aromatic heterocycles. The van der Waals surface area contributed by atoms with Gasteiger partial charge in [0.15, 0.2) is 0 Å². The minimum absolute atomic E-state index is 0.111. The molecule has 0 aliphatic heterocycles. The predicted molar refractivity (Wildman–Crippen MR) is 81.7 cm³/mol. The van der Waals surface area contributed by atoms with Gasteiger partial charge in [0.1, 0.15) is 4.99 Å². The molecule has 0 atom stereocenters. The van der Waals surface area contributed by atoms with Crippen LogP contribution in [0.2, 0.25) is 0 Å². The van der Waals surface area contributed by atoms with Gasteiger partial charge in [-0.3, -0.25) is 0 Å². The van der Waals surface area contributed by atoms with E-state index in [1.165, 1.54) is 6.07 Å². The van der Waals surface area contributed by atoms with Crippen molar-refractivity contribution in [3.8, 4) is 0 Å². The van der Waals surface area contributed by atoms with Crippen molar-refractivity contribution in [3.63, 3.8) is 0 Å². The van der Waals surface area contributed by atoms with Gasteiger partial charge in [0.2, 0.25) is 10.0 Å². The molecule has 0 unspecified atom stereocenters. The molecule has 0 saturated heterocycles. The normalized spacial score (nSPS) is 12.4. The maximum Gasteiger partial charge on any atom is 0.240 e. The van der Waals surface area contributed by atoms with Gasteiger partial charge in [0.05, 0.1) is 4.90 Å². The second kappa shape index (κ2) is 5.56. The number of hydrogen-bond acceptors (Lipinski definition) is 3. The third-order valence-corrected chi connectivity index (χ3v) is 4.34. The van der Waals surface area contributed by atoms with E-state index in [-0.39, 0.29) is 15.3 Å². The van der Waals surface area contributed by atoms with Gasteiger partial charge in [0, 0.05) is 12.1 Å². The molecule has 1 aromatic carbocycles. The zero-order valence-corrected chi connectivity index (χ0v) is 13.3. The molecule has 0 aliphatic carbocycles. The molecule has 0 heterocycles. The Labute approximate surface area is 120 Å². The predicted octanol–water partition coefficient (Wildman–Crippen LogP) is 1.95. The average Bonchev–Trinajstić information content (AvgIpc) is 2.25. The fourth-order valence-corrected chi connectivity index (χ4v) is 3.13. The number of nitrogens with one attached hydrogen (secondary N) is 1. The van der Waals surface area contributed by atoms with E-state index in [0.29, 0.717) is 17.7 Å². The van der Waals surface area contributed by atoms with Crippen molar-refractivity contribution >= 4 is 27.2 Å². The van der Waals surface area contributed by atoms with Crippen molar-refractivity contribution in [2.24, 2.45) is 11.1 Å². The molecule has 0 amide bonds. The number of rotatable bonds is 4. The molecule has 0 radical (unpaired) electrons. The van der Waals surface area contributed by atoms with Crippen LogP contribution in [0, 0.1) is 12.3 Å². The fourth-order valence-electron chi connectivity index (χ4n) is 1.49. The highest BCUT2D eigenvalue weighted by atomic mass is 32.2. The summed E-state index contributed by atoms with van der Waals surface area (Å²) in [6, 6.07) is 4.85. The van der Waals surface area contributed by atoms with Gasteiger partial charge in [-0.25, -0.2) is 13.1 Å². The van der Waals surface area contributed by atoms with E-state index in [2.05, 4.69) is 4.72 Å². The average molecular weight is 300 g/mol. The molecule has 0 bridgehead atoms. The van der Waals surface area contributed by atoms with Gasteiger partial charge in [-0.1, -0.05) is 39.1 Å². The smallest absolute Gasteiger partial charge is 0.240 e. The third kappa shape index (κ3) is 4.56. The maximum atomic E-state index is 12.2. The Bertz CT molecular complexity index is 587. The fraction of sp³-hybridized carbons (Fsp3) is 0.462. The molecule has 1 rings (SSSR count). The number of aryl methyl sites for hydroxylation is 1. The molecule has 3 N–H and O–H groups in total. The van der Waals surface area contributed by atoms with E-state index in [1.807, 2.05) is 20.8 Å². The van der Waals surface area contributed by atoms with E-state index < -0.39 is 10.0 Å². The molecule has 0 fully saturated rings. The van der Waals surface area contributed by atoms with E-state index >= 15 is 0 Å². The van der Waals surface area contributed by atoms with Crippen LogP contribution in [0.15, 0.2) is 23.1 Å². The summed E-state index contributed by atoms with van der Waals surface area (Å²) < 4.78 is 27.0. The number of hydrogen-bond donors (Lipinski definition) is 2. The van der Waals surface area contributed by atoms with Crippen molar-refractivity contribution < 1.29 is 8.42 Å². The van der Waals surface area contributed by atoms with Crippen molar-refractivity contribution in [1.82, 2.24) is 4.72 Å². The zero-order chi connectivity index (χ0) is 14.8.